The van der Waals surface area contributed by atoms with Gasteiger partial charge in [-0.1, -0.05) is 30.3 Å². The van der Waals surface area contributed by atoms with Crippen LogP contribution in [0.1, 0.15) is 13.8 Å². The number of urea groups is 1. The van der Waals surface area contributed by atoms with Crippen molar-refractivity contribution in [2.75, 3.05) is 11.4 Å². The molecule has 2 aromatic rings. The lowest BCUT2D eigenvalue weighted by Crippen LogP contribution is -2.36. The molecule has 4 heteroatoms. The molecular formula is C16H17N3O. The fraction of sp³-hybridized carbons (Fsp3) is 0.250. The molecular weight excluding hydrogens is 250 g/mol. The summed E-state index contributed by atoms with van der Waals surface area (Å²) >= 11 is 0. The van der Waals surface area contributed by atoms with Crippen molar-refractivity contribution in [3.8, 4) is 11.1 Å². The van der Waals surface area contributed by atoms with Crippen molar-refractivity contribution < 1.29 is 4.79 Å². The van der Waals surface area contributed by atoms with Crippen molar-refractivity contribution in [1.82, 2.24) is 10.3 Å². The number of amides is 2. The smallest absolute Gasteiger partial charge is 0.323 e. The third kappa shape index (κ3) is 2.37. The summed E-state index contributed by atoms with van der Waals surface area (Å²) in [7, 11) is 0. The van der Waals surface area contributed by atoms with Gasteiger partial charge in [0.05, 0.1) is 12.1 Å². The van der Waals surface area contributed by atoms with Gasteiger partial charge in [-0.3, -0.25) is 4.90 Å². The van der Waals surface area contributed by atoms with E-state index in [2.05, 4.69) is 10.3 Å². The van der Waals surface area contributed by atoms with Crippen LogP contribution in [-0.2, 0) is 0 Å². The van der Waals surface area contributed by atoms with E-state index in [9.17, 15) is 4.79 Å². The summed E-state index contributed by atoms with van der Waals surface area (Å²) in [5, 5.41) is 2.93. The Morgan fingerprint density at radius 2 is 1.85 bits per heavy atom. The summed E-state index contributed by atoms with van der Waals surface area (Å²) in [5.41, 5.74) is 1.96. The Hall–Kier alpha value is -2.36. The summed E-state index contributed by atoms with van der Waals surface area (Å²) in [6.45, 7) is 4.63. The molecule has 0 aliphatic carbocycles. The average Bonchev–Trinajstić information content (AvgIpc) is 2.73. The van der Waals surface area contributed by atoms with Gasteiger partial charge in [-0.15, -0.1) is 0 Å². The van der Waals surface area contributed by atoms with Gasteiger partial charge < -0.3 is 5.32 Å². The highest BCUT2D eigenvalue weighted by Crippen LogP contribution is 2.24. The fourth-order valence-electron chi connectivity index (χ4n) is 2.40. The van der Waals surface area contributed by atoms with E-state index in [1.54, 1.807) is 4.90 Å². The molecule has 0 spiro atoms. The molecule has 2 heterocycles. The Bertz CT molecular complexity index is 620. The number of rotatable bonds is 2. The largest absolute Gasteiger partial charge is 0.331 e. The molecule has 0 unspecified atom stereocenters. The van der Waals surface area contributed by atoms with Crippen LogP contribution in [0.3, 0.4) is 0 Å². The zero-order valence-electron chi connectivity index (χ0n) is 11.6. The highest BCUT2D eigenvalue weighted by Gasteiger charge is 2.36. The summed E-state index contributed by atoms with van der Waals surface area (Å²) in [4.78, 5) is 18.0. The van der Waals surface area contributed by atoms with Crippen molar-refractivity contribution in [1.29, 1.82) is 0 Å². The molecule has 1 aromatic carbocycles. The van der Waals surface area contributed by atoms with Gasteiger partial charge >= 0.3 is 6.03 Å². The van der Waals surface area contributed by atoms with Gasteiger partial charge in [-0.25, -0.2) is 9.78 Å². The lowest BCUT2D eigenvalue weighted by molar-refractivity contribution is 0.248. The van der Waals surface area contributed by atoms with E-state index in [1.807, 2.05) is 62.5 Å². The predicted octanol–water partition coefficient (Wildman–Crippen LogP) is 3.06. The van der Waals surface area contributed by atoms with Gasteiger partial charge in [-0.2, -0.15) is 0 Å². The first-order valence-electron chi connectivity index (χ1n) is 6.66. The van der Waals surface area contributed by atoms with Crippen LogP contribution in [0.2, 0.25) is 0 Å². The van der Waals surface area contributed by atoms with Crippen molar-refractivity contribution in [3.05, 3.63) is 48.7 Å². The Morgan fingerprint density at radius 3 is 2.40 bits per heavy atom. The van der Waals surface area contributed by atoms with Gasteiger partial charge in [-0.05, 0) is 31.5 Å². The summed E-state index contributed by atoms with van der Waals surface area (Å²) in [5.74, 6) is 0.688. The number of nitrogens with one attached hydrogen (secondary N) is 1. The summed E-state index contributed by atoms with van der Waals surface area (Å²) in [6.07, 6.45) is 1.81. The minimum atomic E-state index is -0.211. The molecule has 1 saturated heterocycles. The Balaban J connectivity index is 1.86. The van der Waals surface area contributed by atoms with E-state index in [1.165, 1.54) is 0 Å². The van der Waals surface area contributed by atoms with Crippen LogP contribution in [0.4, 0.5) is 10.6 Å². The van der Waals surface area contributed by atoms with Crippen molar-refractivity contribution >= 4 is 11.8 Å². The quantitative estimate of drug-likeness (QED) is 0.909. The molecule has 0 radical (unpaired) electrons. The third-order valence-electron chi connectivity index (χ3n) is 3.38. The number of nitrogens with zero attached hydrogens (tertiary/aromatic N) is 2. The molecule has 1 N–H and O–H groups in total. The number of benzene rings is 1. The van der Waals surface area contributed by atoms with E-state index in [0.717, 1.165) is 11.1 Å². The van der Waals surface area contributed by atoms with E-state index in [4.69, 9.17) is 0 Å². The van der Waals surface area contributed by atoms with Gasteiger partial charge in [0.25, 0.3) is 0 Å². The minimum Gasteiger partial charge on any atom is -0.331 e. The molecule has 1 fully saturated rings. The summed E-state index contributed by atoms with van der Waals surface area (Å²) < 4.78 is 0. The standard InChI is InChI=1S/C16H17N3O/c1-16(2)11-19(15(20)18-16)14-9-8-13(10-17-14)12-6-4-3-5-7-12/h3-10H,11H2,1-2H3,(H,18,20). The predicted molar refractivity (Wildman–Crippen MR) is 79.6 cm³/mol. The zero-order valence-corrected chi connectivity index (χ0v) is 11.6. The maximum absolute atomic E-state index is 11.9. The van der Waals surface area contributed by atoms with Crippen molar-refractivity contribution in [2.24, 2.45) is 0 Å². The Labute approximate surface area is 118 Å². The second-order valence-electron chi connectivity index (χ2n) is 5.67. The maximum Gasteiger partial charge on any atom is 0.323 e. The van der Waals surface area contributed by atoms with Crippen molar-refractivity contribution in [2.45, 2.75) is 19.4 Å². The number of aromatic nitrogens is 1. The number of carbonyl (C=O) groups excluding carboxylic acids is 1. The molecule has 0 saturated carbocycles. The second kappa shape index (κ2) is 4.63. The number of hydrogen-bond donors (Lipinski definition) is 1. The topological polar surface area (TPSA) is 45.2 Å². The van der Waals surface area contributed by atoms with Gasteiger partial charge in [0.15, 0.2) is 0 Å². The molecule has 4 nitrogen and oxygen atoms in total. The molecule has 20 heavy (non-hydrogen) atoms. The molecule has 0 atom stereocenters. The molecule has 0 bridgehead atoms. The van der Waals surface area contributed by atoms with Crippen LogP contribution in [0, 0.1) is 0 Å². The van der Waals surface area contributed by atoms with Gasteiger partial charge in [0.2, 0.25) is 0 Å². The third-order valence-corrected chi connectivity index (χ3v) is 3.38. The van der Waals surface area contributed by atoms with E-state index in [-0.39, 0.29) is 11.6 Å². The number of carbonyl (C=O) groups is 1. The maximum atomic E-state index is 11.9. The van der Waals surface area contributed by atoms with E-state index in [0.29, 0.717) is 12.4 Å². The van der Waals surface area contributed by atoms with Crippen LogP contribution in [-0.4, -0.2) is 23.1 Å². The van der Waals surface area contributed by atoms with Crippen LogP contribution in [0.15, 0.2) is 48.7 Å². The first-order chi connectivity index (χ1) is 9.55. The number of pyridine rings is 1. The number of anilines is 1. The lowest BCUT2D eigenvalue weighted by Gasteiger charge is -2.17. The fourth-order valence-corrected chi connectivity index (χ4v) is 2.40. The van der Waals surface area contributed by atoms with Crippen LogP contribution in [0.25, 0.3) is 11.1 Å². The molecule has 1 aromatic heterocycles. The lowest BCUT2D eigenvalue weighted by atomic mass is 10.1. The van der Waals surface area contributed by atoms with Crippen LogP contribution >= 0.6 is 0 Å². The highest BCUT2D eigenvalue weighted by molar-refractivity contribution is 5.94. The molecule has 3 rings (SSSR count). The Morgan fingerprint density at radius 1 is 1.10 bits per heavy atom. The van der Waals surface area contributed by atoms with Crippen molar-refractivity contribution in [3.63, 3.8) is 0 Å². The molecule has 102 valence electrons. The van der Waals surface area contributed by atoms with Gasteiger partial charge in [0, 0.05) is 11.8 Å². The molecule has 1 aliphatic rings. The summed E-state index contributed by atoms with van der Waals surface area (Å²) in [6, 6.07) is 13.9. The van der Waals surface area contributed by atoms with Crippen LogP contribution in [0.5, 0.6) is 0 Å². The Kier molecular flexibility index (Phi) is 2.93. The van der Waals surface area contributed by atoms with E-state index < -0.39 is 0 Å². The van der Waals surface area contributed by atoms with Crippen LogP contribution < -0.4 is 10.2 Å². The van der Waals surface area contributed by atoms with Gasteiger partial charge in [0.1, 0.15) is 5.82 Å². The molecule has 1 aliphatic heterocycles. The first-order valence-corrected chi connectivity index (χ1v) is 6.66. The average molecular weight is 267 g/mol. The minimum absolute atomic E-state index is 0.0880. The number of hydrogen-bond acceptors (Lipinski definition) is 2. The normalized spacial score (nSPS) is 17.1. The zero-order chi connectivity index (χ0) is 14.2. The van der Waals surface area contributed by atoms with E-state index >= 15 is 0 Å². The SMILES string of the molecule is CC1(C)CN(c2ccc(-c3ccccc3)cn2)C(=O)N1. The second-order valence-corrected chi connectivity index (χ2v) is 5.67. The monoisotopic (exact) mass is 267 g/mol. The first kappa shape index (κ1) is 12.7. The highest BCUT2D eigenvalue weighted by atomic mass is 16.2. The molecule has 2 amide bonds.